The summed E-state index contributed by atoms with van der Waals surface area (Å²) in [6, 6.07) is 4.66. The van der Waals surface area contributed by atoms with Crippen LogP contribution in [0.3, 0.4) is 0 Å². The Kier molecular flexibility index (Phi) is 3.44. The van der Waals surface area contributed by atoms with Crippen LogP contribution in [0.25, 0.3) is 10.9 Å². The molecule has 1 unspecified atom stereocenters. The van der Waals surface area contributed by atoms with Crippen molar-refractivity contribution in [3.63, 3.8) is 0 Å². The van der Waals surface area contributed by atoms with E-state index in [0.29, 0.717) is 5.39 Å². The van der Waals surface area contributed by atoms with Crippen LogP contribution in [-0.2, 0) is 13.6 Å². The lowest BCUT2D eigenvalue weighted by molar-refractivity contribution is 0.469. The summed E-state index contributed by atoms with van der Waals surface area (Å²) < 4.78 is 2.48. The minimum atomic E-state index is -0.430. The molecule has 2 N–H and O–H groups in total. The van der Waals surface area contributed by atoms with E-state index in [9.17, 15) is 14.7 Å². The maximum Gasteiger partial charge on any atom is 0.331 e. The molecule has 2 rings (SSSR count). The van der Waals surface area contributed by atoms with Gasteiger partial charge in [0, 0.05) is 19.6 Å². The van der Waals surface area contributed by atoms with Crippen molar-refractivity contribution in [1.29, 1.82) is 0 Å². The summed E-state index contributed by atoms with van der Waals surface area (Å²) in [5.74, 6) is -0.0667. The first-order valence-corrected chi connectivity index (χ1v) is 6.06. The highest BCUT2D eigenvalue weighted by molar-refractivity contribution is 5.83. The van der Waals surface area contributed by atoms with Crippen LogP contribution in [-0.4, -0.2) is 27.3 Å². The number of aromatic hydroxyl groups is 1. The maximum atomic E-state index is 12.3. The van der Waals surface area contributed by atoms with Crippen LogP contribution >= 0.6 is 0 Å². The number of nitrogens with one attached hydrogen (secondary N) is 1. The van der Waals surface area contributed by atoms with Crippen LogP contribution in [0.1, 0.15) is 6.92 Å². The van der Waals surface area contributed by atoms with Gasteiger partial charge < -0.3 is 10.4 Å². The Balaban J connectivity index is 2.82. The van der Waals surface area contributed by atoms with E-state index in [1.54, 1.807) is 26.2 Å². The predicted octanol–water partition coefficient (Wildman–Crippen LogP) is 0.0137. The highest BCUT2D eigenvalue weighted by Gasteiger charge is 2.14. The van der Waals surface area contributed by atoms with Crippen LogP contribution in [0, 0.1) is 0 Å². The van der Waals surface area contributed by atoms with Gasteiger partial charge in [-0.05, 0) is 26.1 Å². The minimum Gasteiger partial charge on any atom is -0.506 e. The first-order chi connectivity index (χ1) is 8.97. The van der Waals surface area contributed by atoms with Crippen molar-refractivity contribution >= 4 is 10.9 Å². The zero-order valence-electron chi connectivity index (χ0n) is 11.2. The van der Waals surface area contributed by atoms with Gasteiger partial charge in [0.05, 0.1) is 10.9 Å². The molecule has 2 aromatic rings. The van der Waals surface area contributed by atoms with Crippen molar-refractivity contribution < 1.29 is 5.11 Å². The fourth-order valence-electron chi connectivity index (χ4n) is 2.09. The molecule has 0 spiro atoms. The highest BCUT2D eigenvalue weighted by Crippen LogP contribution is 2.19. The maximum absolute atomic E-state index is 12.3. The Bertz CT molecular complexity index is 730. The van der Waals surface area contributed by atoms with Crippen molar-refractivity contribution in [2.24, 2.45) is 7.05 Å². The second-order valence-corrected chi connectivity index (χ2v) is 4.62. The van der Waals surface area contributed by atoms with E-state index in [-0.39, 0.29) is 29.4 Å². The smallest absolute Gasteiger partial charge is 0.331 e. The van der Waals surface area contributed by atoms with Crippen LogP contribution in [0.4, 0.5) is 0 Å². The molecule has 1 aromatic carbocycles. The molecular formula is C13H17N3O3. The first kappa shape index (κ1) is 13.4. The fraction of sp³-hybridized carbons (Fsp3) is 0.385. The third-order valence-electron chi connectivity index (χ3n) is 3.29. The molecule has 6 heteroatoms. The number of para-hydroxylation sites is 1. The number of rotatable bonds is 3. The van der Waals surface area contributed by atoms with Crippen molar-refractivity contribution in [3.05, 3.63) is 39.0 Å². The molecule has 0 radical (unpaired) electrons. The summed E-state index contributed by atoms with van der Waals surface area (Å²) in [6.45, 7) is 2.17. The standard InChI is InChI=1S/C13H17N3O3/c1-8(14-2)7-16-12(18)9-5-4-6-10(17)11(9)15(3)13(16)19/h4-6,8,14,17H,7H2,1-3H3. The average molecular weight is 263 g/mol. The number of phenols is 1. The Hall–Kier alpha value is -2.08. The van der Waals surface area contributed by atoms with E-state index in [1.807, 2.05) is 6.92 Å². The number of aryl methyl sites for hydroxylation is 1. The van der Waals surface area contributed by atoms with E-state index in [1.165, 1.54) is 15.2 Å². The highest BCUT2D eigenvalue weighted by atomic mass is 16.3. The summed E-state index contributed by atoms with van der Waals surface area (Å²) in [5.41, 5.74) is -0.539. The Labute approximate surface area is 109 Å². The van der Waals surface area contributed by atoms with E-state index >= 15 is 0 Å². The summed E-state index contributed by atoms with van der Waals surface area (Å²) in [6.07, 6.45) is 0. The van der Waals surface area contributed by atoms with E-state index < -0.39 is 5.69 Å². The van der Waals surface area contributed by atoms with E-state index in [0.717, 1.165) is 0 Å². The molecule has 0 aliphatic rings. The SMILES string of the molecule is CNC(C)Cn1c(=O)c2cccc(O)c2n(C)c1=O. The van der Waals surface area contributed by atoms with Gasteiger partial charge in [-0.1, -0.05) is 6.07 Å². The van der Waals surface area contributed by atoms with Gasteiger partial charge in [-0.3, -0.25) is 13.9 Å². The third kappa shape index (κ3) is 2.15. The van der Waals surface area contributed by atoms with Gasteiger partial charge in [-0.25, -0.2) is 4.79 Å². The molecule has 1 atom stereocenters. The molecular weight excluding hydrogens is 246 g/mol. The molecule has 0 fully saturated rings. The lowest BCUT2D eigenvalue weighted by Gasteiger charge is -2.14. The van der Waals surface area contributed by atoms with Crippen molar-refractivity contribution in [2.45, 2.75) is 19.5 Å². The van der Waals surface area contributed by atoms with Gasteiger partial charge in [0.1, 0.15) is 5.75 Å². The zero-order chi connectivity index (χ0) is 14.2. The molecule has 6 nitrogen and oxygen atoms in total. The minimum absolute atomic E-state index is 0.000147. The number of likely N-dealkylation sites (N-methyl/N-ethyl adjacent to an activating group) is 1. The number of benzene rings is 1. The lowest BCUT2D eigenvalue weighted by Crippen LogP contribution is -2.43. The van der Waals surface area contributed by atoms with Gasteiger partial charge in [-0.15, -0.1) is 0 Å². The largest absolute Gasteiger partial charge is 0.506 e. The van der Waals surface area contributed by atoms with Gasteiger partial charge >= 0.3 is 5.69 Å². The molecule has 0 saturated heterocycles. The summed E-state index contributed by atoms with van der Waals surface area (Å²) in [5, 5.41) is 13.1. The van der Waals surface area contributed by atoms with Gasteiger partial charge in [0.25, 0.3) is 5.56 Å². The molecule has 0 bridgehead atoms. The monoisotopic (exact) mass is 263 g/mol. The van der Waals surface area contributed by atoms with Crippen molar-refractivity contribution in [3.8, 4) is 5.75 Å². The fourth-order valence-corrected chi connectivity index (χ4v) is 2.09. The molecule has 102 valence electrons. The number of nitrogens with zero attached hydrogens (tertiary/aromatic N) is 2. The summed E-state index contributed by atoms with van der Waals surface area (Å²) in [7, 11) is 3.32. The van der Waals surface area contributed by atoms with Crippen molar-refractivity contribution in [1.82, 2.24) is 14.5 Å². The summed E-state index contributed by atoms with van der Waals surface area (Å²) in [4.78, 5) is 24.5. The van der Waals surface area contributed by atoms with Crippen LogP contribution in [0.15, 0.2) is 27.8 Å². The number of aromatic nitrogens is 2. The normalized spacial score (nSPS) is 12.8. The average Bonchev–Trinajstić information content (AvgIpc) is 2.40. The molecule has 19 heavy (non-hydrogen) atoms. The Morgan fingerprint density at radius 3 is 2.68 bits per heavy atom. The molecule has 0 saturated carbocycles. The van der Waals surface area contributed by atoms with Gasteiger partial charge in [0.15, 0.2) is 0 Å². The molecule has 0 aliphatic heterocycles. The Morgan fingerprint density at radius 1 is 1.37 bits per heavy atom. The molecule has 1 aromatic heterocycles. The number of fused-ring (bicyclic) bond motifs is 1. The third-order valence-corrected chi connectivity index (χ3v) is 3.29. The quantitative estimate of drug-likeness (QED) is 0.818. The van der Waals surface area contributed by atoms with Crippen LogP contribution in [0.2, 0.25) is 0 Å². The topological polar surface area (TPSA) is 76.3 Å². The number of hydrogen-bond acceptors (Lipinski definition) is 4. The first-order valence-electron chi connectivity index (χ1n) is 6.06. The zero-order valence-corrected chi connectivity index (χ0v) is 11.2. The van der Waals surface area contributed by atoms with E-state index in [2.05, 4.69) is 5.32 Å². The number of hydrogen-bond donors (Lipinski definition) is 2. The summed E-state index contributed by atoms with van der Waals surface area (Å²) >= 11 is 0. The van der Waals surface area contributed by atoms with E-state index in [4.69, 9.17) is 0 Å². The van der Waals surface area contributed by atoms with Crippen LogP contribution in [0.5, 0.6) is 5.75 Å². The second-order valence-electron chi connectivity index (χ2n) is 4.62. The van der Waals surface area contributed by atoms with Crippen molar-refractivity contribution in [2.75, 3.05) is 7.05 Å². The number of phenolic OH excluding ortho intramolecular Hbond substituents is 1. The second kappa shape index (κ2) is 4.89. The lowest BCUT2D eigenvalue weighted by atomic mass is 10.2. The Morgan fingerprint density at radius 2 is 2.05 bits per heavy atom. The van der Waals surface area contributed by atoms with Crippen LogP contribution < -0.4 is 16.6 Å². The molecule has 0 amide bonds. The molecule has 0 aliphatic carbocycles. The molecule has 1 heterocycles. The van der Waals surface area contributed by atoms with Gasteiger partial charge in [-0.2, -0.15) is 0 Å². The predicted molar refractivity (Wildman–Crippen MR) is 73.6 cm³/mol. The van der Waals surface area contributed by atoms with Gasteiger partial charge in [0.2, 0.25) is 0 Å².